The summed E-state index contributed by atoms with van der Waals surface area (Å²) in [5.74, 6) is 0.617. The van der Waals surface area contributed by atoms with E-state index < -0.39 is 17.8 Å². The lowest BCUT2D eigenvalue weighted by Gasteiger charge is -2.32. The lowest BCUT2D eigenvalue weighted by atomic mass is 9.76. The molecule has 0 spiro atoms. The second kappa shape index (κ2) is 6.69. The Morgan fingerprint density at radius 2 is 2.05 bits per heavy atom. The molecule has 1 aliphatic rings. The topological polar surface area (TPSA) is 20.2 Å². The Bertz CT molecular complexity index is 487. The molecule has 0 heterocycles. The molecule has 0 radical (unpaired) electrons. The summed E-state index contributed by atoms with van der Waals surface area (Å²) in [5, 5.41) is 10.5. The monoisotopic (exact) mass is 364 g/mol. The molecular formula is C16H20BrF3O. The van der Waals surface area contributed by atoms with Gasteiger partial charge in [-0.1, -0.05) is 42.1 Å². The summed E-state index contributed by atoms with van der Waals surface area (Å²) < 4.78 is 39.0. The van der Waals surface area contributed by atoms with E-state index in [9.17, 15) is 18.3 Å². The molecule has 2 rings (SSSR count). The highest BCUT2D eigenvalue weighted by atomic mass is 79.9. The normalized spacial score (nSPS) is 24.9. The van der Waals surface area contributed by atoms with E-state index in [4.69, 9.17) is 0 Å². The lowest BCUT2D eigenvalue weighted by molar-refractivity contribution is -0.137. The Morgan fingerprint density at radius 1 is 1.33 bits per heavy atom. The molecule has 1 fully saturated rings. The molecule has 1 saturated carbocycles. The average Bonchev–Trinajstić information content (AvgIpc) is 2.46. The molecule has 0 saturated heterocycles. The van der Waals surface area contributed by atoms with E-state index in [1.807, 2.05) is 0 Å². The largest absolute Gasteiger partial charge is 0.416 e. The van der Waals surface area contributed by atoms with Gasteiger partial charge in [-0.05, 0) is 48.4 Å². The van der Waals surface area contributed by atoms with Crippen molar-refractivity contribution in [1.29, 1.82) is 0 Å². The molecule has 0 bridgehead atoms. The first-order valence-electron chi connectivity index (χ1n) is 7.37. The lowest BCUT2D eigenvalue weighted by Crippen LogP contribution is -2.22. The van der Waals surface area contributed by atoms with E-state index in [-0.39, 0.29) is 5.92 Å². The van der Waals surface area contributed by atoms with E-state index in [1.165, 1.54) is 6.07 Å². The Balaban J connectivity index is 2.23. The van der Waals surface area contributed by atoms with Crippen LogP contribution in [0.5, 0.6) is 0 Å². The minimum absolute atomic E-state index is 0.0449. The van der Waals surface area contributed by atoms with Gasteiger partial charge in [0, 0.05) is 4.47 Å². The third kappa shape index (κ3) is 4.01. The predicted octanol–water partition coefficient (Wildman–Crippen LogP) is 5.72. The molecule has 3 unspecified atom stereocenters. The quantitative estimate of drug-likeness (QED) is 0.727. The van der Waals surface area contributed by atoms with Gasteiger partial charge in [0.25, 0.3) is 0 Å². The molecule has 118 valence electrons. The number of hydrogen-bond acceptors (Lipinski definition) is 1. The number of aliphatic hydroxyl groups excluding tert-OH is 1. The SMILES string of the molecule is CCC1CCCC(C(O)c2cc(C(F)(F)F)ccc2Br)C1. The van der Waals surface area contributed by atoms with Crippen LogP contribution in [0.4, 0.5) is 13.2 Å². The zero-order valence-corrected chi connectivity index (χ0v) is 13.5. The summed E-state index contributed by atoms with van der Waals surface area (Å²) in [5.41, 5.74) is -0.353. The van der Waals surface area contributed by atoms with Crippen LogP contribution in [-0.2, 0) is 6.18 Å². The number of alkyl halides is 3. The van der Waals surface area contributed by atoms with Crippen LogP contribution in [0.1, 0.15) is 56.3 Å². The third-order valence-corrected chi connectivity index (χ3v) is 5.21. The van der Waals surface area contributed by atoms with Crippen LogP contribution in [0.15, 0.2) is 22.7 Å². The van der Waals surface area contributed by atoms with Gasteiger partial charge < -0.3 is 5.11 Å². The zero-order valence-electron chi connectivity index (χ0n) is 12.0. The van der Waals surface area contributed by atoms with E-state index in [2.05, 4.69) is 22.9 Å². The summed E-state index contributed by atoms with van der Waals surface area (Å²) in [6.45, 7) is 2.12. The van der Waals surface area contributed by atoms with Gasteiger partial charge in [-0.15, -0.1) is 0 Å². The highest BCUT2D eigenvalue weighted by Gasteiger charge is 2.33. The highest BCUT2D eigenvalue weighted by molar-refractivity contribution is 9.10. The number of rotatable bonds is 3. The van der Waals surface area contributed by atoms with Gasteiger partial charge in [0.05, 0.1) is 11.7 Å². The van der Waals surface area contributed by atoms with Crippen molar-refractivity contribution in [2.45, 2.75) is 51.3 Å². The maximum Gasteiger partial charge on any atom is 0.416 e. The Hall–Kier alpha value is -0.550. The first kappa shape index (κ1) is 16.8. The minimum Gasteiger partial charge on any atom is -0.388 e. The molecule has 1 aromatic carbocycles. The summed E-state index contributed by atoms with van der Waals surface area (Å²) >= 11 is 3.27. The first-order valence-corrected chi connectivity index (χ1v) is 8.17. The van der Waals surface area contributed by atoms with E-state index in [0.717, 1.165) is 44.2 Å². The Morgan fingerprint density at radius 3 is 2.67 bits per heavy atom. The zero-order chi connectivity index (χ0) is 15.6. The second-order valence-corrected chi connectivity index (χ2v) is 6.73. The molecule has 1 aromatic rings. The maximum atomic E-state index is 12.8. The Labute approximate surface area is 131 Å². The number of aliphatic hydroxyl groups is 1. The van der Waals surface area contributed by atoms with E-state index in [0.29, 0.717) is 16.0 Å². The van der Waals surface area contributed by atoms with Crippen LogP contribution < -0.4 is 0 Å². The van der Waals surface area contributed by atoms with Gasteiger partial charge in [0.2, 0.25) is 0 Å². The fraction of sp³-hybridized carbons (Fsp3) is 0.625. The molecule has 3 atom stereocenters. The fourth-order valence-corrected chi connectivity index (χ4v) is 3.67. The molecule has 1 nitrogen and oxygen atoms in total. The van der Waals surface area contributed by atoms with E-state index >= 15 is 0 Å². The van der Waals surface area contributed by atoms with Crippen molar-refractivity contribution in [1.82, 2.24) is 0 Å². The van der Waals surface area contributed by atoms with E-state index in [1.54, 1.807) is 0 Å². The highest BCUT2D eigenvalue weighted by Crippen LogP contribution is 2.41. The summed E-state index contributed by atoms with van der Waals surface area (Å²) in [7, 11) is 0. The molecular weight excluding hydrogens is 345 g/mol. The Kier molecular flexibility index (Phi) is 5.36. The number of hydrogen-bond donors (Lipinski definition) is 1. The molecule has 0 aromatic heterocycles. The molecule has 0 amide bonds. The van der Waals surface area contributed by atoms with Crippen molar-refractivity contribution in [3.63, 3.8) is 0 Å². The minimum atomic E-state index is -4.38. The van der Waals surface area contributed by atoms with Crippen molar-refractivity contribution in [3.8, 4) is 0 Å². The average molecular weight is 365 g/mol. The first-order chi connectivity index (χ1) is 9.82. The predicted molar refractivity (Wildman–Crippen MR) is 79.8 cm³/mol. The summed E-state index contributed by atoms with van der Waals surface area (Å²) in [6.07, 6.45) is -0.196. The van der Waals surface area contributed by atoms with Crippen molar-refractivity contribution in [2.75, 3.05) is 0 Å². The molecule has 0 aliphatic heterocycles. The summed E-state index contributed by atoms with van der Waals surface area (Å²) in [6, 6.07) is 3.49. The molecule has 21 heavy (non-hydrogen) atoms. The number of halogens is 4. The van der Waals surface area contributed by atoms with Crippen LogP contribution in [0.2, 0.25) is 0 Å². The molecule has 5 heteroatoms. The van der Waals surface area contributed by atoms with Crippen LogP contribution >= 0.6 is 15.9 Å². The smallest absolute Gasteiger partial charge is 0.388 e. The van der Waals surface area contributed by atoms with Gasteiger partial charge in [-0.3, -0.25) is 0 Å². The van der Waals surface area contributed by atoms with Crippen LogP contribution in [-0.4, -0.2) is 5.11 Å². The van der Waals surface area contributed by atoms with Gasteiger partial charge in [-0.25, -0.2) is 0 Å². The van der Waals surface area contributed by atoms with Crippen LogP contribution in [0.25, 0.3) is 0 Å². The van der Waals surface area contributed by atoms with Crippen molar-refractivity contribution in [2.24, 2.45) is 11.8 Å². The third-order valence-electron chi connectivity index (χ3n) is 4.49. The molecule has 1 N–H and O–H groups in total. The van der Waals surface area contributed by atoms with Gasteiger partial charge in [0.15, 0.2) is 0 Å². The molecule has 1 aliphatic carbocycles. The fourth-order valence-electron chi connectivity index (χ4n) is 3.19. The number of benzene rings is 1. The van der Waals surface area contributed by atoms with Crippen molar-refractivity contribution >= 4 is 15.9 Å². The summed E-state index contributed by atoms with van der Waals surface area (Å²) in [4.78, 5) is 0. The van der Waals surface area contributed by atoms with Crippen molar-refractivity contribution < 1.29 is 18.3 Å². The second-order valence-electron chi connectivity index (χ2n) is 5.88. The van der Waals surface area contributed by atoms with Crippen molar-refractivity contribution in [3.05, 3.63) is 33.8 Å². The van der Waals surface area contributed by atoms with Gasteiger partial charge in [0.1, 0.15) is 0 Å². The van der Waals surface area contributed by atoms with Crippen LogP contribution in [0, 0.1) is 11.8 Å². The van der Waals surface area contributed by atoms with Gasteiger partial charge >= 0.3 is 6.18 Å². The van der Waals surface area contributed by atoms with Gasteiger partial charge in [-0.2, -0.15) is 13.2 Å². The van der Waals surface area contributed by atoms with Crippen LogP contribution in [0.3, 0.4) is 0 Å². The maximum absolute atomic E-state index is 12.8. The standard InChI is InChI=1S/C16H20BrF3O/c1-2-10-4-3-5-11(8-10)15(21)13-9-12(16(18,19)20)6-7-14(13)17/h6-7,9-11,15,21H,2-5,8H2,1H3.